The molecule has 0 saturated carbocycles. The van der Waals surface area contributed by atoms with Crippen molar-refractivity contribution in [3.63, 3.8) is 0 Å². The molecule has 3 aromatic rings. The molecule has 0 unspecified atom stereocenters. The van der Waals surface area contributed by atoms with E-state index in [0.29, 0.717) is 45.0 Å². The normalized spacial score (nSPS) is 19.0. The van der Waals surface area contributed by atoms with Crippen molar-refractivity contribution < 1.29 is 14.3 Å². The van der Waals surface area contributed by atoms with Gasteiger partial charge in [0.25, 0.3) is 5.91 Å². The van der Waals surface area contributed by atoms with Gasteiger partial charge < -0.3 is 14.5 Å². The van der Waals surface area contributed by atoms with Crippen molar-refractivity contribution in [2.45, 2.75) is 19.8 Å². The summed E-state index contributed by atoms with van der Waals surface area (Å²) in [6, 6.07) is 17.9. The molecule has 6 heteroatoms. The van der Waals surface area contributed by atoms with Crippen LogP contribution in [0.2, 0.25) is 0 Å². The lowest BCUT2D eigenvalue weighted by Gasteiger charge is -2.36. The van der Waals surface area contributed by atoms with E-state index in [1.165, 1.54) is 0 Å². The van der Waals surface area contributed by atoms with Crippen LogP contribution in [0.1, 0.15) is 28.8 Å². The number of rotatable bonds is 3. The number of piperidine rings is 1. The summed E-state index contributed by atoms with van der Waals surface area (Å²) in [5.74, 6) is -0.0231. The van der Waals surface area contributed by atoms with Crippen LogP contribution in [-0.2, 0) is 9.53 Å². The Kier molecular flexibility index (Phi) is 6.09. The second kappa shape index (κ2) is 9.32. The fourth-order valence-corrected chi connectivity index (χ4v) is 4.85. The largest absolute Gasteiger partial charge is 0.378 e. The Balaban J connectivity index is 1.46. The number of amides is 2. The Hall–Kier alpha value is -3.25. The maximum Gasteiger partial charge on any atom is 0.254 e. The summed E-state index contributed by atoms with van der Waals surface area (Å²) in [6.45, 7) is 5.61. The summed E-state index contributed by atoms with van der Waals surface area (Å²) in [5.41, 5.74) is 4.32. The molecule has 2 aliphatic rings. The number of hydrogen-bond donors (Lipinski definition) is 0. The quantitative estimate of drug-likeness (QED) is 0.616. The molecule has 2 amide bonds. The Morgan fingerprint density at radius 1 is 0.970 bits per heavy atom. The van der Waals surface area contributed by atoms with Gasteiger partial charge in [0.15, 0.2) is 0 Å². The minimum atomic E-state index is -0.149. The summed E-state index contributed by atoms with van der Waals surface area (Å²) in [6.07, 6.45) is 1.66. The van der Waals surface area contributed by atoms with Crippen molar-refractivity contribution in [1.29, 1.82) is 0 Å². The van der Waals surface area contributed by atoms with Gasteiger partial charge in [0.2, 0.25) is 5.91 Å². The van der Waals surface area contributed by atoms with Gasteiger partial charge in [-0.1, -0.05) is 42.0 Å². The second-order valence-corrected chi connectivity index (χ2v) is 8.97. The number of nitrogens with zero attached hydrogens (tertiary/aromatic N) is 3. The predicted octanol–water partition coefficient (Wildman–Crippen LogP) is 3.92. The number of ether oxygens (including phenoxy) is 1. The molecule has 2 aliphatic heterocycles. The number of pyridine rings is 1. The molecule has 6 nitrogen and oxygen atoms in total. The van der Waals surface area contributed by atoms with E-state index in [2.05, 4.69) is 0 Å². The maximum absolute atomic E-state index is 13.8. The highest BCUT2D eigenvalue weighted by molar-refractivity contribution is 6.07. The van der Waals surface area contributed by atoms with Crippen LogP contribution in [0.25, 0.3) is 22.2 Å². The first-order valence-electron chi connectivity index (χ1n) is 11.7. The van der Waals surface area contributed by atoms with Crippen molar-refractivity contribution in [2.75, 3.05) is 39.4 Å². The van der Waals surface area contributed by atoms with E-state index in [4.69, 9.17) is 9.72 Å². The van der Waals surface area contributed by atoms with E-state index in [0.717, 1.165) is 40.6 Å². The zero-order chi connectivity index (χ0) is 22.8. The van der Waals surface area contributed by atoms with Crippen LogP contribution < -0.4 is 0 Å². The number of benzene rings is 2. The highest BCUT2D eigenvalue weighted by atomic mass is 16.5. The lowest BCUT2D eigenvalue weighted by molar-refractivity contribution is -0.141. The topological polar surface area (TPSA) is 62.7 Å². The molecule has 0 N–H and O–H groups in total. The van der Waals surface area contributed by atoms with Gasteiger partial charge in [0.05, 0.1) is 35.9 Å². The van der Waals surface area contributed by atoms with E-state index in [1.54, 1.807) is 0 Å². The molecule has 0 spiro atoms. The summed E-state index contributed by atoms with van der Waals surface area (Å²) < 4.78 is 5.39. The Morgan fingerprint density at radius 3 is 2.55 bits per heavy atom. The lowest BCUT2D eigenvalue weighted by atomic mass is 9.94. The fourth-order valence-electron chi connectivity index (χ4n) is 4.85. The first kappa shape index (κ1) is 21.6. The second-order valence-electron chi connectivity index (χ2n) is 8.97. The fraction of sp³-hybridized carbons (Fsp3) is 0.370. The molecule has 1 atom stereocenters. The average molecular weight is 444 g/mol. The number of carbonyl (C=O) groups excluding carboxylic acids is 2. The molecule has 0 bridgehead atoms. The Morgan fingerprint density at radius 2 is 1.76 bits per heavy atom. The summed E-state index contributed by atoms with van der Waals surface area (Å²) >= 11 is 0. The van der Waals surface area contributed by atoms with Crippen molar-refractivity contribution >= 4 is 22.7 Å². The van der Waals surface area contributed by atoms with Crippen molar-refractivity contribution in [3.05, 3.63) is 65.7 Å². The van der Waals surface area contributed by atoms with Gasteiger partial charge in [-0.15, -0.1) is 0 Å². The monoisotopic (exact) mass is 443 g/mol. The molecule has 5 rings (SSSR count). The number of aryl methyl sites for hydroxylation is 1. The number of hydrogen-bond acceptors (Lipinski definition) is 4. The Labute approximate surface area is 194 Å². The van der Waals surface area contributed by atoms with Crippen LogP contribution >= 0.6 is 0 Å². The molecule has 0 aliphatic carbocycles. The molecule has 33 heavy (non-hydrogen) atoms. The number of aromatic nitrogens is 1. The number of carbonyl (C=O) groups is 2. The average Bonchev–Trinajstić information content (AvgIpc) is 2.88. The minimum absolute atomic E-state index is 0.0235. The van der Waals surface area contributed by atoms with Gasteiger partial charge in [-0.25, -0.2) is 4.98 Å². The zero-order valence-corrected chi connectivity index (χ0v) is 19.0. The van der Waals surface area contributed by atoms with Crippen molar-refractivity contribution in [3.8, 4) is 11.3 Å². The highest BCUT2D eigenvalue weighted by Crippen LogP contribution is 2.28. The van der Waals surface area contributed by atoms with Gasteiger partial charge in [-0.05, 0) is 38.0 Å². The third-order valence-electron chi connectivity index (χ3n) is 6.64. The standard InChI is InChI=1S/C27H29N3O3/c1-19-9-10-24-22(16-19)23(17-25(28-24)20-6-3-2-4-7-20)27(32)30-11-5-8-21(18-30)26(31)29-12-14-33-15-13-29/h2-4,6-7,9-10,16-17,21H,5,8,11-15,18H2,1H3/t21-/m0/s1. The molecule has 170 valence electrons. The van der Waals surface area contributed by atoms with E-state index in [9.17, 15) is 9.59 Å². The Bertz CT molecular complexity index is 1170. The van der Waals surface area contributed by atoms with Gasteiger partial charge in [-0.3, -0.25) is 9.59 Å². The smallest absolute Gasteiger partial charge is 0.254 e. The third kappa shape index (κ3) is 4.48. The van der Waals surface area contributed by atoms with E-state index >= 15 is 0 Å². The van der Waals surface area contributed by atoms with Gasteiger partial charge in [-0.2, -0.15) is 0 Å². The van der Waals surface area contributed by atoms with E-state index in [-0.39, 0.29) is 17.7 Å². The summed E-state index contributed by atoms with van der Waals surface area (Å²) in [7, 11) is 0. The van der Waals surface area contributed by atoms with E-state index in [1.807, 2.05) is 71.3 Å². The van der Waals surface area contributed by atoms with Gasteiger partial charge in [0, 0.05) is 37.1 Å². The van der Waals surface area contributed by atoms with Gasteiger partial charge in [0.1, 0.15) is 0 Å². The zero-order valence-electron chi connectivity index (χ0n) is 19.0. The first-order valence-corrected chi connectivity index (χ1v) is 11.7. The van der Waals surface area contributed by atoms with Crippen molar-refractivity contribution in [1.82, 2.24) is 14.8 Å². The number of likely N-dealkylation sites (tertiary alicyclic amines) is 1. The van der Waals surface area contributed by atoms with Crippen LogP contribution in [0.3, 0.4) is 0 Å². The first-order chi connectivity index (χ1) is 16.1. The third-order valence-corrected chi connectivity index (χ3v) is 6.64. The SMILES string of the molecule is Cc1ccc2nc(-c3ccccc3)cc(C(=O)N3CCC[C@H](C(=O)N4CCOCC4)C3)c2c1. The van der Waals surface area contributed by atoms with Crippen molar-refractivity contribution in [2.24, 2.45) is 5.92 Å². The molecular formula is C27H29N3O3. The maximum atomic E-state index is 13.8. The van der Waals surface area contributed by atoms with Gasteiger partial charge >= 0.3 is 0 Å². The number of fused-ring (bicyclic) bond motifs is 1. The summed E-state index contributed by atoms with van der Waals surface area (Å²) in [5, 5.41) is 0.862. The van der Waals surface area contributed by atoms with Crippen LogP contribution in [0.4, 0.5) is 0 Å². The predicted molar refractivity (Wildman–Crippen MR) is 128 cm³/mol. The highest BCUT2D eigenvalue weighted by Gasteiger charge is 2.32. The van der Waals surface area contributed by atoms with Crippen LogP contribution in [0.15, 0.2) is 54.6 Å². The molecule has 2 fully saturated rings. The lowest BCUT2D eigenvalue weighted by Crippen LogP contribution is -2.49. The molecule has 2 saturated heterocycles. The molecule has 2 aromatic carbocycles. The molecule has 0 radical (unpaired) electrons. The molecule has 1 aromatic heterocycles. The van der Waals surface area contributed by atoms with Crippen LogP contribution in [-0.4, -0.2) is 66.0 Å². The number of morpholine rings is 1. The minimum Gasteiger partial charge on any atom is -0.378 e. The molecular weight excluding hydrogens is 414 g/mol. The van der Waals surface area contributed by atoms with Crippen LogP contribution in [0, 0.1) is 12.8 Å². The van der Waals surface area contributed by atoms with Crippen LogP contribution in [0.5, 0.6) is 0 Å². The summed E-state index contributed by atoms with van der Waals surface area (Å²) in [4.78, 5) is 35.5. The molecule has 3 heterocycles. The van der Waals surface area contributed by atoms with E-state index < -0.39 is 0 Å².